The fourth-order valence-electron chi connectivity index (χ4n) is 2.76. The molecule has 0 radical (unpaired) electrons. The molecule has 1 saturated carbocycles. The van der Waals surface area contributed by atoms with Crippen LogP contribution in [-0.4, -0.2) is 16.7 Å². The summed E-state index contributed by atoms with van der Waals surface area (Å²) in [6, 6.07) is 0. The molecule has 0 heterocycles. The zero-order valence-electron chi connectivity index (χ0n) is 11.5. The van der Waals surface area contributed by atoms with Crippen LogP contribution in [0.2, 0.25) is 0 Å². The predicted octanol–water partition coefficient (Wildman–Crippen LogP) is 2.60. The highest BCUT2D eigenvalue weighted by molar-refractivity contribution is 5.92. The van der Waals surface area contributed by atoms with Gasteiger partial charge in [-0.3, -0.25) is 4.79 Å². The first kappa shape index (κ1) is 14.2. The van der Waals surface area contributed by atoms with E-state index in [1.165, 1.54) is 0 Å². The summed E-state index contributed by atoms with van der Waals surface area (Å²) in [5, 5.41) is 13.5. The van der Waals surface area contributed by atoms with Crippen molar-refractivity contribution in [2.45, 2.75) is 59.1 Å². The lowest BCUT2D eigenvalue weighted by molar-refractivity contribution is -0.142. The molecule has 17 heavy (non-hydrogen) atoms. The fourth-order valence-corrected chi connectivity index (χ4v) is 2.76. The third kappa shape index (κ3) is 3.32. The van der Waals surface area contributed by atoms with Crippen LogP contribution in [-0.2, 0) is 4.79 Å². The molecule has 1 aliphatic carbocycles. The topological polar surface area (TPSA) is 49.3 Å². The molecule has 0 saturated heterocycles. The highest BCUT2D eigenvalue weighted by Crippen LogP contribution is 2.43. The Labute approximate surface area is 104 Å². The number of hydrogen-bond acceptors (Lipinski definition) is 2. The third-order valence-corrected chi connectivity index (χ3v) is 3.64. The van der Waals surface area contributed by atoms with Crippen LogP contribution in [0.4, 0.5) is 0 Å². The van der Waals surface area contributed by atoms with Gasteiger partial charge in [0.25, 0.3) is 0 Å². The summed E-state index contributed by atoms with van der Waals surface area (Å²) < 4.78 is 0. The first-order valence-corrected chi connectivity index (χ1v) is 6.37. The predicted molar refractivity (Wildman–Crippen MR) is 69.3 cm³/mol. The molecular formula is C14H25NO2. The Morgan fingerprint density at radius 3 is 2.47 bits per heavy atom. The Morgan fingerprint density at radius 2 is 2.00 bits per heavy atom. The second-order valence-corrected chi connectivity index (χ2v) is 6.32. The summed E-state index contributed by atoms with van der Waals surface area (Å²) in [5.41, 5.74) is -0.652. The van der Waals surface area contributed by atoms with Crippen molar-refractivity contribution < 1.29 is 9.90 Å². The third-order valence-electron chi connectivity index (χ3n) is 3.64. The Morgan fingerprint density at radius 1 is 1.41 bits per heavy atom. The van der Waals surface area contributed by atoms with Crippen LogP contribution >= 0.6 is 0 Å². The van der Waals surface area contributed by atoms with Gasteiger partial charge in [-0.2, -0.15) is 0 Å². The number of nitrogens with one attached hydrogen (secondary N) is 1. The van der Waals surface area contributed by atoms with Crippen molar-refractivity contribution in [3.63, 3.8) is 0 Å². The second-order valence-electron chi connectivity index (χ2n) is 6.32. The molecule has 2 unspecified atom stereocenters. The minimum atomic E-state index is -1.08. The Balaban J connectivity index is 2.88. The summed E-state index contributed by atoms with van der Waals surface area (Å²) >= 11 is 0. The maximum Gasteiger partial charge on any atom is 0.248 e. The first-order chi connectivity index (χ1) is 7.67. The van der Waals surface area contributed by atoms with Gasteiger partial charge in [-0.05, 0) is 31.6 Å². The van der Waals surface area contributed by atoms with Crippen LogP contribution in [0.15, 0.2) is 12.2 Å². The van der Waals surface area contributed by atoms with E-state index in [1.54, 1.807) is 6.92 Å². The lowest BCUT2D eigenvalue weighted by Crippen LogP contribution is -2.58. The zero-order chi connectivity index (χ0) is 13.3. The minimum Gasteiger partial charge on any atom is -0.371 e. The summed E-state index contributed by atoms with van der Waals surface area (Å²) in [7, 11) is 0. The molecule has 0 spiro atoms. The van der Waals surface area contributed by atoms with E-state index in [4.69, 9.17) is 0 Å². The largest absolute Gasteiger partial charge is 0.371 e. The van der Waals surface area contributed by atoms with E-state index >= 15 is 0 Å². The van der Waals surface area contributed by atoms with E-state index in [0.717, 1.165) is 19.3 Å². The molecule has 3 heteroatoms. The smallest absolute Gasteiger partial charge is 0.248 e. The van der Waals surface area contributed by atoms with Crippen molar-refractivity contribution in [2.24, 2.45) is 11.3 Å². The van der Waals surface area contributed by atoms with E-state index in [2.05, 4.69) is 32.7 Å². The molecule has 1 amide bonds. The standard InChI is InChI=1S/C14H25NO2/c1-10(2)12(16)15-14(17)9-7-6-8-11(14)13(3,4)5/h11,17H,1,6-9H2,2-5H3,(H,15,16). The first-order valence-electron chi connectivity index (χ1n) is 6.37. The zero-order valence-corrected chi connectivity index (χ0v) is 11.5. The molecule has 0 aliphatic heterocycles. The highest BCUT2D eigenvalue weighted by Gasteiger charge is 2.45. The van der Waals surface area contributed by atoms with Crippen LogP contribution < -0.4 is 5.32 Å². The van der Waals surface area contributed by atoms with E-state index in [1.807, 2.05) is 0 Å². The normalized spacial score (nSPS) is 29.8. The number of hydrogen-bond donors (Lipinski definition) is 2. The molecule has 98 valence electrons. The van der Waals surface area contributed by atoms with Crippen molar-refractivity contribution in [3.05, 3.63) is 12.2 Å². The fraction of sp³-hybridized carbons (Fsp3) is 0.786. The van der Waals surface area contributed by atoms with Crippen molar-refractivity contribution in [1.82, 2.24) is 5.32 Å². The molecule has 0 aromatic rings. The van der Waals surface area contributed by atoms with E-state index in [9.17, 15) is 9.90 Å². The number of carbonyl (C=O) groups is 1. The van der Waals surface area contributed by atoms with Gasteiger partial charge in [0.1, 0.15) is 5.72 Å². The lowest BCUT2D eigenvalue weighted by atomic mass is 9.67. The van der Waals surface area contributed by atoms with Gasteiger partial charge in [0.05, 0.1) is 0 Å². The molecular weight excluding hydrogens is 214 g/mol. The van der Waals surface area contributed by atoms with Crippen molar-refractivity contribution in [3.8, 4) is 0 Å². The quantitative estimate of drug-likeness (QED) is 0.575. The molecule has 2 atom stereocenters. The molecule has 0 aromatic carbocycles. The molecule has 1 aliphatic rings. The number of rotatable bonds is 2. The number of carbonyl (C=O) groups excluding carboxylic acids is 1. The van der Waals surface area contributed by atoms with Gasteiger partial charge in [-0.15, -0.1) is 0 Å². The van der Waals surface area contributed by atoms with E-state index < -0.39 is 5.72 Å². The van der Waals surface area contributed by atoms with Gasteiger partial charge in [0, 0.05) is 11.5 Å². The molecule has 2 N–H and O–H groups in total. The SMILES string of the molecule is C=C(C)C(=O)NC1(O)CCCCC1C(C)(C)C. The Hall–Kier alpha value is -0.830. The second kappa shape index (κ2) is 4.81. The van der Waals surface area contributed by atoms with Crippen molar-refractivity contribution in [2.75, 3.05) is 0 Å². The van der Waals surface area contributed by atoms with Gasteiger partial charge in [-0.25, -0.2) is 0 Å². The van der Waals surface area contributed by atoms with Crippen LogP contribution in [0.25, 0.3) is 0 Å². The number of amides is 1. The summed E-state index contributed by atoms with van der Waals surface area (Å²) in [6.45, 7) is 11.6. The van der Waals surface area contributed by atoms with Crippen LogP contribution in [0.5, 0.6) is 0 Å². The van der Waals surface area contributed by atoms with Crippen LogP contribution in [0.1, 0.15) is 53.4 Å². The average Bonchev–Trinajstić information content (AvgIpc) is 2.15. The number of aliphatic hydroxyl groups is 1. The van der Waals surface area contributed by atoms with Crippen molar-refractivity contribution >= 4 is 5.91 Å². The van der Waals surface area contributed by atoms with Crippen LogP contribution in [0, 0.1) is 11.3 Å². The summed E-state index contributed by atoms with van der Waals surface area (Å²) in [4.78, 5) is 11.7. The summed E-state index contributed by atoms with van der Waals surface area (Å²) in [6.07, 6.45) is 3.66. The van der Waals surface area contributed by atoms with Crippen LogP contribution in [0.3, 0.4) is 0 Å². The minimum absolute atomic E-state index is 0.0163. The van der Waals surface area contributed by atoms with Gasteiger partial charge in [0.15, 0.2) is 0 Å². The molecule has 1 rings (SSSR count). The summed E-state index contributed by atoms with van der Waals surface area (Å²) in [5.74, 6) is -0.157. The molecule has 3 nitrogen and oxygen atoms in total. The Kier molecular flexibility index (Phi) is 4.03. The van der Waals surface area contributed by atoms with Gasteiger partial charge >= 0.3 is 0 Å². The van der Waals surface area contributed by atoms with Crippen molar-refractivity contribution in [1.29, 1.82) is 0 Å². The van der Waals surface area contributed by atoms with E-state index in [0.29, 0.717) is 12.0 Å². The van der Waals surface area contributed by atoms with Gasteiger partial charge < -0.3 is 10.4 Å². The van der Waals surface area contributed by atoms with E-state index in [-0.39, 0.29) is 17.2 Å². The molecule has 0 bridgehead atoms. The molecule has 1 fully saturated rings. The highest BCUT2D eigenvalue weighted by atomic mass is 16.3. The Bertz CT molecular complexity index is 317. The monoisotopic (exact) mass is 239 g/mol. The molecule has 0 aromatic heterocycles. The average molecular weight is 239 g/mol. The maximum absolute atomic E-state index is 11.7. The van der Waals surface area contributed by atoms with Gasteiger partial charge in [0.2, 0.25) is 5.91 Å². The van der Waals surface area contributed by atoms with Gasteiger partial charge in [-0.1, -0.05) is 33.8 Å². The lowest BCUT2D eigenvalue weighted by Gasteiger charge is -2.47. The maximum atomic E-state index is 11.7.